The lowest BCUT2D eigenvalue weighted by molar-refractivity contribution is -0.122. The Morgan fingerprint density at radius 1 is 1.15 bits per heavy atom. The fourth-order valence-corrected chi connectivity index (χ4v) is 4.88. The molecule has 0 bridgehead atoms. The van der Waals surface area contributed by atoms with Crippen LogP contribution in [0.3, 0.4) is 0 Å². The Hall–Kier alpha value is -0.610. The van der Waals surface area contributed by atoms with E-state index in [2.05, 4.69) is 39.3 Å². The number of rotatable bonds is 4. The predicted octanol–water partition coefficient (Wildman–Crippen LogP) is 0.890. The molecular weight excluding hydrogens is 457 g/mol. The van der Waals surface area contributed by atoms with Crippen molar-refractivity contribution in [2.45, 2.75) is 51.3 Å². The Balaban J connectivity index is 0.00000210. The van der Waals surface area contributed by atoms with Gasteiger partial charge in [0.05, 0.1) is 12.6 Å². The van der Waals surface area contributed by atoms with Gasteiger partial charge in [0, 0.05) is 63.3 Å². The summed E-state index contributed by atoms with van der Waals surface area (Å²) in [6.45, 7) is 9.62. The molecule has 3 atom stereocenters. The molecule has 0 aromatic heterocycles. The topological polar surface area (TPSA) is 69.2 Å². The van der Waals surface area contributed by atoms with Crippen molar-refractivity contribution < 1.29 is 9.53 Å². The largest absolute Gasteiger partial charge is 0.377 e. The summed E-state index contributed by atoms with van der Waals surface area (Å²) in [5.41, 5.74) is 0.153. The van der Waals surface area contributed by atoms with Crippen LogP contribution in [0.1, 0.15) is 33.1 Å². The highest BCUT2D eigenvalue weighted by Gasteiger charge is 2.59. The molecule has 4 rings (SSSR count). The molecule has 4 fully saturated rings. The first-order chi connectivity index (χ1) is 12.5. The van der Waals surface area contributed by atoms with Gasteiger partial charge in [-0.15, -0.1) is 24.0 Å². The van der Waals surface area contributed by atoms with E-state index in [1.54, 1.807) is 0 Å². The monoisotopic (exact) mass is 491 g/mol. The molecular formula is C19H34IN5O2. The number of guanidine groups is 1. The van der Waals surface area contributed by atoms with Crippen LogP contribution in [0.5, 0.6) is 0 Å². The molecule has 1 amide bonds. The summed E-state index contributed by atoms with van der Waals surface area (Å²) in [4.78, 5) is 21.1. The highest BCUT2D eigenvalue weighted by molar-refractivity contribution is 14.0. The summed E-state index contributed by atoms with van der Waals surface area (Å²) in [5.74, 6) is 1.77. The number of hydrogen-bond donors (Lipinski definition) is 2. The van der Waals surface area contributed by atoms with Crippen LogP contribution in [0, 0.1) is 11.3 Å². The maximum Gasteiger partial charge on any atom is 0.234 e. The van der Waals surface area contributed by atoms with E-state index in [4.69, 9.17) is 4.74 Å². The lowest BCUT2D eigenvalue weighted by Crippen LogP contribution is -2.68. The first-order valence-corrected chi connectivity index (χ1v) is 10.1. The normalized spacial score (nSPS) is 32.9. The third kappa shape index (κ3) is 4.37. The molecule has 4 aliphatic rings. The van der Waals surface area contributed by atoms with E-state index >= 15 is 0 Å². The molecule has 3 unspecified atom stereocenters. The average molecular weight is 491 g/mol. The van der Waals surface area contributed by atoms with Gasteiger partial charge in [-0.05, 0) is 19.3 Å². The van der Waals surface area contributed by atoms with Crippen molar-refractivity contribution >= 4 is 35.8 Å². The Bertz CT molecular complexity index is 572. The predicted molar refractivity (Wildman–Crippen MR) is 117 cm³/mol. The molecule has 0 aromatic carbocycles. The van der Waals surface area contributed by atoms with Gasteiger partial charge in [0.15, 0.2) is 5.96 Å². The number of carbonyl (C=O) groups excluding carboxylic acids is 1. The number of aliphatic imine (C=N–C) groups is 1. The van der Waals surface area contributed by atoms with Crippen LogP contribution in [-0.4, -0.2) is 86.2 Å². The molecule has 2 saturated heterocycles. The van der Waals surface area contributed by atoms with Crippen molar-refractivity contribution in [2.24, 2.45) is 16.3 Å². The van der Waals surface area contributed by atoms with Crippen LogP contribution in [0.25, 0.3) is 0 Å². The minimum atomic E-state index is 0. The first-order valence-electron chi connectivity index (χ1n) is 10.1. The second-order valence-electron chi connectivity index (χ2n) is 8.84. The lowest BCUT2D eigenvalue weighted by atomic mass is 9.57. The van der Waals surface area contributed by atoms with Gasteiger partial charge in [0.25, 0.3) is 0 Å². The summed E-state index contributed by atoms with van der Waals surface area (Å²) >= 11 is 0. The second kappa shape index (κ2) is 8.41. The van der Waals surface area contributed by atoms with Crippen LogP contribution in [0.4, 0.5) is 0 Å². The van der Waals surface area contributed by atoms with Crippen LogP contribution in [0.15, 0.2) is 4.99 Å². The average Bonchev–Trinajstić information content (AvgIpc) is 3.30. The molecule has 2 aliphatic heterocycles. The smallest absolute Gasteiger partial charge is 0.234 e. The molecule has 0 spiro atoms. The van der Waals surface area contributed by atoms with Crippen molar-refractivity contribution in [1.82, 2.24) is 20.4 Å². The number of nitrogens with one attached hydrogen (secondary N) is 2. The minimum Gasteiger partial charge on any atom is -0.377 e. The summed E-state index contributed by atoms with van der Waals surface area (Å²) in [7, 11) is 1.87. The molecule has 2 aliphatic carbocycles. The summed E-state index contributed by atoms with van der Waals surface area (Å²) in [5, 5.41) is 6.80. The van der Waals surface area contributed by atoms with Gasteiger partial charge in [0.1, 0.15) is 0 Å². The summed E-state index contributed by atoms with van der Waals surface area (Å²) in [6.07, 6.45) is 3.82. The van der Waals surface area contributed by atoms with Crippen LogP contribution in [-0.2, 0) is 9.53 Å². The van der Waals surface area contributed by atoms with E-state index in [0.717, 1.165) is 58.0 Å². The van der Waals surface area contributed by atoms with E-state index < -0.39 is 0 Å². The number of carbonyl (C=O) groups is 1. The van der Waals surface area contributed by atoms with E-state index in [0.29, 0.717) is 30.7 Å². The first kappa shape index (κ1) is 21.1. The van der Waals surface area contributed by atoms with Gasteiger partial charge in [-0.25, -0.2) is 0 Å². The third-order valence-corrected chi connectivity index (χ3v) is 6.58. The van der Waals surface area contributed by atoms with Crippen molar-refractivity contribution in [2.75, 3.05) is 46.4 Å². The molecule has 27 heavy (non-hydrogen) atoms. The highest BCUT2D eigenvalue weighted by Crippen LogP contribution is 2.52. The summed E-state index contributed by atoms with van der Waals surface area (Å²) in [6, 6.07) is 0.872. The zero-order valence-electron chi connectivity index (χ0n) is 16.7. The van der Waals surface area contributed by atoms with E-state index in [1.165, 1.54) is 0 Å². The Morgan fingerprint density at radius 3 is 2.48 bits per heavy atom. The molecule has 8 heteroatoms. The van der Waals surface area contributed by atoms with Gasteiger partial charge >= 0.3 is 0 Å². The standard InChI is InChI=1S/C19H33N5O2.HI/c1-19(2)16(14-6-11-26-17(14)19)22-18(20-3)24-9-7-23(8-10-24)12-15(25)21-13-4-5-13;/h13-14,16-17H,4-12H2,1-3H3,(H,20,22)(H,21,25);1H. The Morgan fingerprint density at radius 2 is 1.85 bits per heavy atom. The number of nitrogens with zero attached hydrogens (tertiary/aromatic N) is 3. The molecule has 154 valence electrons. The van der Waals surface area contributed by atoms with Gasteiger partial charge in [0.2, 0.25) is 5.91 Å². The van der Waals surface area contributed by atoms with Gasteiger partial charge < -0.3 is 20.3 Å². The van der Waals surface area contributed by atoms with Crippen LogP contribution < -0.4 is 10.6 Å². The maximum atomic E-state index is 12.0. The van der Waals surface area contributed by atoms with E-state index in [1.807, 2.05) is 7.05 Å². The van der Waals surface area contributed by atoms with Crippen molar-refractivity contribution in [3.05, 3.63) is 0 Å². The fraction of sp³-hybridized carbons (Fsp3) is 0.895. The minimum absolute atomic E-state index is 0. The highest BCUT2D eigenvalue weighted by atomic mass is 127. The number of amides is 1. The van der Waals surface area contributed by atoms with Crippen molar-refractivity contribution in [3.63, 3.8) is 0 Å². The number of fused-ring (bicyclic) bond motifs is 1. The molecule has 7 nitrogen and oxygen atoms in total. The second-order valence-corrected chi connectivity index (χ2v) is 8.84. The number of hydrogen-bond acceptors (Lipinski definition) is 4. The third-order valence-electron chi connectivity index (χ3n) is 6.58. The van der Waals surface area contributed by atoms with Gasteiger partial charge in [-0.2, -0.15) is 0 Å². The van der Waals surface area contributed by atoms with Gasteiger partial charge in [-0.3, -0.25) is 14.7 Å². The molecule has 2 heterocycles. The molecule has 2 saturated carbocycles. The van der Waals surface area contributed by atoms with Crippen molar-refractivity contribution in [3.8, 4) is 0 Å². The number of halogens is 1. The maximum absolute atomic E-state index is 12.0. The van der Waals surface area contributed by atoms with Gasteiger partial charge in [-0.1, -0.05) is 13.8 Å². The SMILES string of the molecule is CN=C(NC1C2CCOC2C1(C)C)N1CCN(CC(=O)NC2CC2)CC1.I. The molecule has 0 radical (unpaired) electrons. The Labute approximate surface area is 179 Å². The van der Waals surface area contributed by atoms with Crippen LogP contribution >= 0.6 is 24.0 Å². The summed E-state index contributed by atoms with van der Waals surface area (Å²) < 4.78 is 5.90. The zero-order valence-corrected chi connectivity index (χ0v) is 19.1. The Kier molecular flexibility index (Phi) is 6.57. The number of piperazine rings is 1. The lowest BCUT2D eigenvalue weighted by Gasteiger charge is -2.55. The fourth-order valence-electron chi connectivity index (χ4n) is 4.88. The van der Waals surface area contributed by atoms with Crippen LogP contribution in [0.2, 0.25) is 0 Å². The molecule has 0 aromatic rings. The van der Waals surface area contributed by atoms with Crippen molar-refractivity contribution in [1.29, 1.82) is 0 Å². The van der Waals surface area contributed by atoms with E-state index in [9.17, 15) is 4.79 Å². The molecule has 2 N–H and O–H groups in total. The quantitative estimate of drug-likeness (QED) is 0.348. The number of ether oxygens (including phenoxy) is 1. The zero-order chi connectivity index (χ0) is 18.3. The van der Waals surface area contributed by atoms with E-state index in [-0.39, 0.29) is 35.3 Å².